The molecule has 0 aliphatic carbocycles. The summed E-state index contributed by atoms with van der Waals surface area (Å²) in [7, 11) is 0. The van der Waals surface area contributed by atoms with Crippen molar-refractivity contribution in [1.82, 2.24) is 0 Å². The van der Waals surface area contributed by atoms with Gasteiger partial charge in [0.1, 0.15) is 13.2 Å². The van der Waals surface area contributed by atoms with Gasteiger partial charge >= 0.3 is 17.9 Å². The molecule has 0 aromatic heterocycles. The Hall–Kier alpha value is -3.15. The van der Waals surface area contributed by atoms with Crippen LogP contribution < -0.4 is 0 Å². The van der Waals surface area contributed by atoms with Crippen molar-refractivity contribution in [1.29, 1.82) is 0 Å². The third kappa shape index (κ3) is 57.7. The highest BCUT2D eigenvalue weighted by Crippen LogP contribution is 2.17. The van der Waals surface area contributed by atoms with Crippen LogP contribution in [0.2, 0.25) is 0 Å². The molecule has 0 bridgehead atoms. The summed E-state index contributed by atoms with van der Waals surface area (Å²) in [5.41, 5.74) is 0. The lowest BCUT2D eigenvalue weighted by Crippen LogP contribution is -2.30. The molecule has 6 nitrogen and oxygen atoms in total. The first-order valence-electron chi connectivity index (χ1n) is 30.9. The summed E-state index contributed by atoms with van der Waals surface area (Å²) in [6, 6.07) is 0. The maximum atomic E-state index is 12.8. The zero-order valence-corrected chi connectivity index (χ0v) is 47.7. The van der Waals surface area contributed by atoms with Crippen LogP contribution in [0.15, 0.2) is 72.9 Å². The third-order valence-electron chi connectivity index (χ3n) is 13.5. The van der Waals surface area contributed by atoms with E-state index in [0.717, 1.165) is 89.9 Å². The zero-order valence-electron chi connectivity index (χ0n) is 47.7. The molecule has 1 atom stereocenters. The molecule has 0 radical (unpaired) electrons. The molecule has 0 aliphatic rings. The van der Waals surface area contributed by atoms with E-state index in [0.29, 0.717) is 12.8 Å². The molecule has 0 fully saturated rings. The number of carbonyl (C=O) groups excluding carboxylic acids is 3. The van der Waals surface area contributed by atoms with Crippen LogP contribution in [-0.4, -0.2) is 37.2 Å². The van der Waals surface area contributed by atoms with Gasteiger partial charge in [-0.1, -0.05) is 299 Å². The predicted molar refractivity (Wildman–Crippen MR) is 311 cm³/mol. The molecule has 0 saturated heterocycles. The summed E-state index contributed by atoms with van der Waals surface area (Å²) in [6.45, 7) is 6.40. The van der Waals surface area contributed by atoms with Gasteiger partial charge in [0.15, 0.2) is 6.10 Å². The Kier molecular flexibility index (Phi) is 57.8. The molecule has 0 heterocycles. The van der Waals surface area contributed by atoms with Gasteiger partial charge in [0.2, 0.25) is 0 Å². The fraction of sp³-hybridized carbons (Fsp3) is 0.773. The average Bonchev–Trinajstić information content (AvgIpc) is 3.38. The van der Waals surface area contributed by atoms with Crippen LogP contribution in [-0.2, 0) is 28.6 Å². The van der Waals surface area contributed by atoms with Gasteiger partial charge in [-0.05, 0) is 64.2 Å². The monoisotopic (exact) mass is 1000 g/mol. The van der Waals surface area contributed by atoms with Crippen LogP contribution in [0.1, 0.15) is 310 Å². The van der Waals surface area contributed by atoms with Crippen molar-refractivity contribution in [3.05, 3.63) is 72.9 Å². The highest BCUT2D eigenvalue weighted by molar-refractivity contribution is 5.72. The summed E-state index contributed by atoms with van der Waals surface area (Å²) in [5.74, 6) is -1.05. The lowest BCUT2D eigenvalue weighted by Gasteiger charge is -2.18. The Bertz CT molecular complexity index is 1340. The van der Waals surface area contributed by atoms with Gasteiger partial charge in [-0.3, -0.25) is 14.4 Å². The summed E-state index contributed by atoms with van der Waals surface area (Å²) in [4.78, 5) is 38.0. The van der Waals surface area contributed by atoms with E-state index >= 15 is 0 Å². The van der Waals surface area contributed by atoms with E-state index in [1.165, 1.54) is 180 Å². The van der Waals surface area contributed by atoms with Crippen molar-refractivity contribution in [2.24, 2.45) is 0 Å². The van der Waals surface area contributed by atoms with Gasteiger partial charge in [0.05, 0.1) is 6.42 Å². The second-order valence-electron chi connectivity index (χ2n) is 20.6. The highest BCUT2D eigenvalue weighted by atomic mass is 16.6. The topological polar surface area (TPSA) is 78.9 Å². The molecule has 416 valence electrons. The quantitative estimate of drug-likeness (QED) is 0.0261. The van der Waals surface area contributed by atoms with Crippen molar-refractivity contribution in [3.8, 4) is 0 Å². The fourth-order valence-electron chi connectivity index (χ4n) is 8.88. The van der Waals surface area contributed by atoms with E-state index in [1.807, 2.05) is 6.08 Å². The van der Waals surface area contributed by atoms with Gasteiger partial charge < -0.3 is 14.2 Å². The van der Waals surface area contributed by atoms with Crippen LogP contribution in [0.5, 0.6) is 0 Å². The first kappa shape index (κ1) is 68.8. The highest BCUT2D eigenvalue weighted by Gasteiger charge is 2.19. The number of carbonyl (C=O) groups is 3. The van der Waals surface area contributed by atoms with E-state index in [4.69, 9.17) is 14.2 Å². The fourth-order valence-corrected chi connectivity index (χ4v) is 8.88. The molecule has 0 saturated carbocycles. The lowest BCUT2D eigenvalue weighted by atomic mass is 10.0. The van der Waals surface area contributed by atoms with Gasteiger partial charge in [0.25, 0.3) is 0 Å². The predicted octanol–water partition coefficient (Wildman–Crippen LogP) is 20.9. The second-order valence-corrected chi connectivity index (χ2v) is 20.6. The molecule has 0 N–H and O–H groups in total. The molecule has 0 aromatic carbocycles. The van der Waals surface area contributed by atoms with E-state index in [9.17, 15) is 14.4 Å². The van der Waals surface area contributed by atoms with E-state index in [1.54, 1.807) is 6.08 Å². The maximum Gasteiger partial charge on any atom is 0.310 e. The second kappa shape index (κ2) is 60.4. The summed E-state index contributed by atoms with van der Waals surface area (Å²) < 4.78 is 16.7. The molecule has 72 heavy (non-hydrogen) atoms. The van der Waals surface area contributed by atoms with Crippen molar-refractivity contribution < 1.29 is 28.6 Å². The molecule has 6 heteroatoms. The van der Waals surface area contributed by atoms with Crippen LogP contribution in [0.4, 0.5) is 0 Å². The van der Waals surface area contributed by atoms with Crippen LogP contribution >= 0.6 is 0 Å². The molecular formula is C66H116O6. The Morgan fingerprint density at radius 2 is 0.611 bits per heavy atom. The van der Waals surface area contributed by atoms with Crippen molar-refractivity contribution in [2.75, 3.05) is 13.2 Å². The Morgan fingerprint density at radius 3 is 0.958 bits per heavy atom. The minimum Gasteiger partial charge on any atom is -0.462 e. The molecule has 0 aromatic rings. The summed E-state index contributed by atoms with van der Waals surface area (Å²) in [6.07, 6.45) is 78.3. The molecule has 0 amide bonds. The molecule has 1 unspecified atom stereocenters. The van der Waals surface area contributed by atoms with Gasteiger partial charge in [0, 0.05) is 12.8 Å². The van der Waals surface area contributed by atoms with Gasteiger partial charge in [-0.15, -0.1) is 0 Å². The SMILES string of the molecule is CC/C=C\C/C=C\C/C=C\C/C=C\C/C=C\CC(=O)OC(COC(=O)CCCCCCC/C=C\CCC)COC(=O)CCCCCCCCCCCCCCCCCCCCCCCCCCCCCCC. The minimum atomic E-state index is -0.831. The van der Waals surface area contributed by atoms with Crippen molar-refractivity contribution in [2.45, 2.75) is 316 Å². The molecular weight excluding hydrogens is 889 g/mol. The van der Waals surface area contributed by atoms with Crippen molar-refractivity contribution in [3.63, 3.8) is 0 Å². The number of ether oxygens (including phenoxy) is 3. The molecule has 0 aliphatic heterocycles. The maximum absolute atomic E-state index is 12.8. The Morgan fingerprint density at radius 1 is 0.306 bits per heavy atom. The molecule has 0 rings (SSSR count). The summed E-state index contributed by atoms with van der Waals surface area (Å²) in [5, 5.41) is 0. The smallest absolute Gasteiger partial charge is 0.310 e. The number of esters is 3. The van der Waals surface area contributed by atoms with Crippen molar-refractivity contribution >= 4 is 17.9 Å². The standard InChI is InChI=1S/C66H116O6/c1-4-7-10-13-16-19-22-24-26-27-28-29-30-31-32-33-34-35-36-37-38-39-41-42-44-47-50-53-56-59-65(68)71-62-63(61-70-64(67)58-55-52-49-46-21-18-15-12-9-6-3)72-66(69)60-57-54-51-48-45-43-40-25-23-20-17-14-11-8-5-2/h8,11-12,15,17,20,25,40,45,48,54,57,63H,4-7,9-10,13-14,16,18-19,21-24,26-39,41-44,46-47,49-53,55-56,58-62H2,1-3H3/b11-8-,15-12-,20-17-,40-25-,48-45-,57-54-. The number of hydrogen-bond acceptors (Lipinski definition) is 6. The van der Waals surface area contributed by atoms with E-state index in [-0.39, 0.29) is 31.6 Å². The summed E-state index contributed by atoms with van der Waals surface area (Å²) >= 11 is 0. The average molecular weight is 1010 g/mol. The van der Waals surface area contributed by atoms with E-state index < -0.39 is 12.1 Å². The van der Waals surface area contributed by atoms with E-state index in [2.05, 4.69) is 81.5 Å². The minimum absolute atomic E-state index is 0.0972. The first-order chi connectivity index (χ1) is 35.5. The van der Waals surface area contributed by atoms with Gasteiger partial charge in [-0.25, -0.2) is 0 Å². The Balaban J connectivity index is 4.17. The number of rotatable bonds is 56. The third-order valence-corrected chi connectivity index (χ3v) is 13.5. The first-order valence-corrected chi connectivity index (χ1v) is 30.9. The van der Waals surface area contributed by atoms with Crippen LogP contribution in [0, 0.1) is 0 Å². The lowest BCUT2D eigenvalue weighted by molar-refractivity contribution is -0.166. The van der Waals surface area contributed by atoms with Crippen LogP contribution in [0.25, 0.3) is 0 Å². The van der Waals surface area contributed by atoms with Gasteiger partial charge in [-0.2, -0.15) is 0 Å². The zero-order chi connectivity index (χ0) is 52.2. The number of hydrogen-bond donors (Lipinski definition) is 0. The van der Waals surface area contributed by atoms with Crippen LogP contribution in [0.3, 0.4) is 0 Å². The Labute approximate surface area is 446 Å². The molecule has 0 spiro atoms. The number of allylic oxidation sites excluding steroid dienone is 11. The largest absolute Gasteiger partial charge is 0.462 e. The number of unbranched alkanes of at least 4 members (excludes halogenated alkanes) is 34. The normalized spacial score (nSPS) is 12.5.